The predicted octanol–water partition coefficient (Wildman–Crippen LogP) is 2.10. The van der Waals surface area contributed by atoms with Gasteiger partial charge in [0.1, 0.15) is 5.82 Å². The zero-order valence-electron chi connectivity index (χ0n) is 10.7. The predicted molar refractivity (Wildman–Crippen MR) is 74.9 cm³/mol. The van der Waals surface area contributed by atoms with Gasteiger partial charge in [0.25, 0.3) is 0 Å². The first kappa shape index (κ1) is 12.1. The van der Waals surface area contributed by atoms with E-state index in [1.54, 1.807) is 6.20 Å². The molecule has 1 aromatic carbocycles. The SMILES string of the molecule is O[C@H]1CCCN(c2ccnc(-c3ccccc3)n2)C1. The van der Waals surface area contributed by atoms with Crippen LogP contribution in [0.1, 0.15) is 12.8 Å². The van der Waals surface area contributed by atoms with Gasteiger partial charge in [-0.1, -0.05) is 30.3 Å². The maximum Gasteiger partial charge on any atom is 0.161 e. The molecule has 1 aliphatic rings. The second-order valence-electron chi connectivity index (χ2n) is 4.85. The number of benzene rings is 1. The Bertz CT molecular complexity index is 544. The number of anilines is 1. The van der Waals surface area contributed by atoms with Gasteiger partial charge >= 0.3 is 0 Å². The Hall–Kier alpha value is -1.94. The van der Waals surface area contributed by atoms with Crippen molar-refractivity contribution in [3.63, 3.8) is 0 Å². The van der Waals surface area contributed by atoms with Crippen molar-refractivity contribution >= 4 is 5.82 Å². The van der Waals surface area contributed by atoms with Gasteiger partial charge in [-0.25, -0.2) is 9.97 Å². The molecule has 0 amide bonds. The quantitative estimate of drug-likeness (QED) is 0.893. The lowest BCUT2D eigenvalue weighted by Crippen LogP contribution is -2.38. The molecule has 1 N–H and O–H groups in total. The van der Waals surface area contributed by atoms with E-state index in [2.05, 4.69) is 14.9 Å². The Balaban J connectivity index is 1.88. The summed E-state index contributed by atoms with van der Waals surface area (Å²) in [4.78, 5) is 11.1. The molecule has 2 heterocycles. The Labute approximate surface area is 112 Å². The minimum absolute atomic E-state index is 0.246. The van der Waals surface area contributed by atoms with Gasteiger partial charge in [0.2, 0.25) is 0 Å². The molecule has 0 saturated carbocycles. The van der Waals surface area contributed by atoms with Crippen LogP contribution in [0.5, 0.6) is 0 Å². The van der Waals surface area contributed by atoms with Crippen LogP contribution in [0.3, 0.4) is 0 Å². The molecule has 1 aromatic heterocycles. The molecule has 98 valence electrons. The van der Waals surface area contributed by atoms with E-state index >= 15 is 0 Å². The normalized spacial score (nSPS) is 19.4. The van der Waals surface area contributed by atoms with E-state index in [9.17, 15) is 5.11 Å². The average molecular weight is 255 g/mol. The standard InChI is InChI=1S/C15H17N3O/c19-13-7-4-10-18(11-13)14-8-9-16-15(17-14)12-5-2-1-3-6-12/h1-3,5-6,8-9,13,19H,4,7,10-11H2/t13-/m0/s1. The third-order valence-electron chi connectivity index (χ3n) is 3.39. The smallest absolute Gasteiger partial charge is 0.161 e. The highest BCUT2D eigenvalue weighted by atomic mass is 16.3. The van der Waals surface area contributed by atoms with Crippen molar-refractivity contribution < 1.29 is 5.11 Å². The van der Waals surface area contributed by atoms with Gasteiger partial charge in [-0.2, -0.15) is 0 Å². The zero-order valence-corrected chi connectivity index (χ0v) is 10.7. The van der Waals surface area contributed by atoms with E-state index in [0.717, 1.165) is 36.6 Å². The number of hydrogen-bond acceptors (Lipinski definition) is 4. The minimum Gasteiger partial charge on any atom is -0.391 e. The van der Waals surface area contributed by atoms with Gasteiger partial charge in [0.05, 0.1) is 6.10 Å². The van der Waals surface area contributed by atoms with Crippen LogP contribution < -0.4 is 4.90 Å². The van der Waals surface area contributed by atoms with E-state index in [0.29, 0.717) is 6.54 Å². The maximum atomic E-state index is 9.74. The largest absolute Gasteiger partial charge is 0.391 e. The van der Waals surface area contributed by atoms with Gasteiger partial charge in [0, 0.05) is 24.8 Å². The number of nitrogens with zero attached hydrogens (tertiary/aromatic N) is 3. The summed E-state index contributed by atoms with van der Waals surface area (Å²) in [6.07, 6.45) is 3.42. The molecule has 0 radical (unpaired) electrons. The highest BCUT2D eigenvalue weighted by Crippen LogP contribution is 2.21. The van der Waals surface area contributed by atoms with Crippen molar-refractivity contribution in [2.24, 2.45) is 0 Å². The molecule has 0 aliphatic carbocycles. The summed E-state index contributed by atoms with van der Waals surface area (Å²) in [5, 5.41) is 9.74. The van der Waals surface area contributed by atoms with Gasteiger partial charge in [-0.3, -0.25) is 0 Å². The monoisotopic (exact) mass is 255 g/mol. The summed E-state index contributed by atoms with van der Waals surface area (Å²) < 4.78 is 0. The Morgan fingerprint density at radius 2 is 2.00 bits per heavy atom. The second kappa shape index (κ2) is 5.36. The lowest BCUT2D eigenvalue weighted by molar-refractivity contribution is 0.154. The molecule has 3 rings (SSSR count). The Morgan fingerprint density at radius 1 is 1.16 bits per heavy atom. The molecule has 1 fully saturated rings. The van der Waals surface area contributed by atoms with Crippen molar-refractivity contribution in [3.8, 4) is 11.4 Å². The summed E-state index contributed by atoms with van der Waals surface area (Å²) in [6, 6.07) is 11.9. The highest BCUT2D eigenvalue weighted by molar-refractivity contribution is 5.57. The molecule has 4 heteroatoms. The lowest BCUT2D eigenvalue weighted by Gasteiger charge is -2.31. The van der Waals surface area contributed by atoms with Crippen molar-refractivity contribution in [1.82, 2.24) is 9.97 Å². The number of rotatable bonds is 2. The van der Waals surface area contributed by atoms with Gasteiger partial charge in [-0.15, -0.1) is 0 Å². The third-order valence-corrected chi connectivity index (χ3v) is 3.39. The van der Waals surface area contributed by atoms with Crippen molar-refractivity contribution in [2.75, 3.05) is 18.0 Å². The number of hydrogen-bond donors (Lipinski definition) is 1. The number of aliphatic hydroxyl groups excluding tert-OH is 1. The van der Waals surface area contributed by atoms with Crippen LogP contribution in [-0.4, -0.2) is 34.3 Å². The average Bonchev–Trinajstić information content (AvgIpc) is 2.48. The van der Waals surface area contributed by atoms with Gasteiger partial charge < -0.3 is 10.0 Å². The maximum absolute atomic E-state index is 9.74. The molecule has 4 nitrogen and oxygen atoms in total. The first-order valence-corrected chi connectivity index (χ1v) is 6.64. The third kappa shape index (κ3) is 2.74. The van der Waals surface area contributed by atoms with Crippen LogP contribution in [0.15, 0.2) is 42.6 Å². The molecule has 0 spiro atoms. The number of aromatic nitrogens is 2. The van der Waals surface area contributed by atoms with E-state index in [4.69, 9.17) is 0 Å². The topological polar surface area (TPSA) is 49.2 Å². The summed E-state index contributed by atoms with van der Waals surface area (Å²) in [7, 11) is 0. The van der Waals surface area contributed by atoms with Crippen molar-refractivity contribution in [2.45, 2.75) is 18.9 Å². The van der Waals surface area contributed by atoms with E-state index in [1.165, 1.54) is 0 Å². The van der Waals surface area contributed by atoms with Crippen LogP contribution >= 0.6 is 0 Å². The summed E-state index contributed by atoms with van der Waals surface area (Å²) in [5.74, 6) is 1.63. The van der Waals surface area contributed by atoms with E-state index in [1.807, 2.05) is 36.4 Å². The summed E-state index contributed by atoms with van der Waals surface area (Å²) in [6.45, 7) is 1.60. The molecular formula is C15H17N3O. The second-order valence-corrected chi connectivity index (χ2v) is 4.85. The van der Waals surface area contributed by atoms with Crippen LogP contribution in [0.25, 0.3) is 11.4 Å². The zero-order chi connectivity index (χ0) is 13.1. The first-order chi connectivity index (χ1) is 9.33. The van der Waals surface area contributed by atoms with Crippen LogP contribution in [0.2, 0.25) is 0 Å². The summed E-state index contributed by atoms with van der Waals surface area (Å²) in [5.41, 5.74) is 1.02. The van der Waals surface area contributed by atoms with Gasteiger partial charge in [0.15, 0.2) is 5.82 Å². The number of aliphatic hydroxyl groups is 1. The van der Waals surface area contributed by atoms with Gasteiger partial charge in [-0.05, 0) is 18.9 Å². The molecule has 19 heavy (non-hydrogen) atoms. The fourth-order valence-corrected chi connectivity index (χ4v) is 2.41. The number of piperidine rings is 1. The molecule has 1 atom stereocenters. The molecule has 1 saturated heterocycles. The number of β-amino-alcohol motifs (C(OH)–C–C–N with tert-alkyl or cyclic N) is 1. The van der Waals surface area contributed by atoms with Crippen LogP contribution in [0.4, 0.5) is 5.82 Å². The molecule has 0 bridgehead atoms. The fraction of sp³-hybridized carbons (Fsp3) is 0.333. The fourth-order valence-electron chi connectivity index (χ4n) is 2.41. The minimum atomic E-state index is -0.246. The Kier molecular flexibility index (Phi) is 3.42. The Morgan fingerprint density at radius 3 is 2.79 bits per heavy atom. The summed E-state index contributed by atoms with van der Waals surface area (Å²) >= 11 is 0. The van der Waals surface area contributed by atoms with Crippen LogP contribution in [-0.2, 0) is 0 Å². The lowest BCUT2D eigenvalue weighted by atomic mass is 10.1. The molecular weight excluding hydrogens is 238 g/mol. The highest BCUT2D eigenvalue weighted by Gasteiger charge is 2.19. The van der Waals surface area contributed by atoms with E-state index in [-0.39, 0.29) is 6.10 Å². The van der Waals surface area contributed by atoms with Crippen LogP contribution in [0, 0.1) is 0 Å². The van der Waals surface area contributed by atoms with Crippen molar-refractivity contribution in [3.05, 3.63) is 42.6 Å². The molecule has 1 aliphatic heterocycles. The first-order valence-electron chi connectivity index (χ1n) is 6.64. The molecule has 0 unspecified atom stereocenters. The van der Waals surface area contributed by atoms with Crippen molar-refractivity contribution in [1.29, 1.82) is 0 Å². The molecule has 2 aromatic rings. The van der Waals surface area contributed by atoms with E-state index < -0.39 is 0 Å².